The third-order valence-electron chi connectivity index (χ3n) is 4.81. The third kappa shape index (κ3) is 3.95. The number of ether oxygens (including phenoxy) is 1. The number of carbonyl (C=O) groups is 1. The van der Waals surface area contributed by atoms with Gasteiger partial charge in [-0.2, -0.15) is 0 Å². The number of methoxy groups -OCH3 is 1. The van der Waals surface area contributed by atoms with Crippen molar-refractivity contribution in [2.75, 3.05) is 12.4 Å². The van der Waals surface area contributed by atoms with Gasteiger partial charge >= 0.3 is 5.69 Å². The molecule has 0 aliphatic heterocycles. The number of halogens is 1. The maximum Gasteiger partial charge on any atom is 0.336 e. The van der Waals surface area contributed by atoms with E-state index in [-0.39, 0.29) is 6.54 Å². The summed E-state index contributed by atoms with van der Waals surface area (Å²) in [4.78, 5) is 38.9. The number of benzene rings is 3. The molecule has 31 heavy (non-hydrogen) atoms. The van der Waals surface area contributed by atoms with Crippen molar-refractivity contribution in [3.63, 3.8) is 0 Å². The normalized spacial score (nSPS) is 10.8. The van der Waals surface area contributed by atoms with Crippen LogP contribution in [0.1, 0.15) is 0 Å². The molecule has 0 aliphatic rings. The summed E-state index contributed by atoms with van der Waals surface area (Å²) < 4.78 is 20.5. The summed E-state index contributed by atoms with van der Waals surface area (Å²) in [6.07, 6.45) is 0. The van der Waals surface area contributed by atoms with Gasteiger partial charge in [0.2, 0.25) is 5.91 Å². The van der Waals surface area contributed by atoms with E-state index in [0.717, 1.165) is 4.57 Å². The van der Waals surface area contributed by atoms with Crippen molar-refractivity contribution in [1.29, 1.82) is 0 Å². The number of nitrogens with one attached hydrogen (secondary N) is 1. The molecular formula is C23H18FN3O4. The number of amides is 1. The zero-order valence-corrected chi connectivity index (χ0v) is 16.5. The molecule has 0 aliphatic carbocycles. The molecule has 3 aromatic carbocycles. The van der Waals surface area contributed by atoms with Crippen LogP contribution in [-0.2, 0) is 11.3 Å². The number of carbonyl (C=O) groups excluding carboxylic acids is 1. The summed E-state index contributed by atoms with van der Waals surface area (Å²) in [7, 11) is 1.52. The number of para-hydroxylation sites is 1. The van der Waals surface area contributed by atoms with Gasteiger partial charge in [-0.1, -0.05) is 12.1 Å². The van der Waals surface area contributed by atoms with Gasteiger partial charge in [0, 0.05) is 5.69 Å². The smallest absolute Gasteiger partial charge is 0.336 e. The van der Waals surface area contributed by atoms with Crippen LogP contribution in [0.4, 0.5) is 10.1 Å². The molecule has 1 aromatic heterocycles. The molecule has 0 saturated carbocycles. The zero-order chi connectivity index (χ0) is 22.0. The van der Waals surface area contributed by atoms with Crippen LogP contribution in [-0.4, -0.2) is 22.2 Å². The highest BCUT2D eigenvalue weighted by atomic mass is 19.1. The SMILES string of the molecule is COc1ccc(-n2c(=O)c3ccccc3n(CC(=O)Nc3ccc(F)cc3)c2=O)cc1. The fourth-order valence-electron chi connectivity index (χ4n) is 3.31. The molecule has 4 rings (SSSR count). The molecule has 0 radical (unpaired) electrons. The first-order chi connectivity index (χ1) is 15.0. The van der Waals surface area contributed by atoms with Crippen LogP contribution in [0.25, 0.3) is 16.6 Å². The fraction of sp³-hybridized carbons (Fsp3) is 0.0870. The van der Waals surface area contributed by atoms with Crippen LogP contribution >= 0.6 is 0 Å². The Morgan fingerprint density at radius 2 is 1.65 bits per heavy atom. The van der Waals surface area contributed by atoms with Gasteiger partial charge in [0.05, 0.1) is 23.7 Å². The van der Waals surface area contributed by atoms with E-state index in [0.29, 0.717) is 28.0 Å². The molecule has 1 heterocycles. The topological polar surface area (TPSA) is 82.3 Å². The van der Waals surface area contributed by atoms with E-state index in [1.165, 1.54) is 35.9 Å². The molecular weight excluding hydrogens is 401 g/mol. The number of fused-ring (bicyclic) bond motifs is 1. The minimum Gasteiger partial charge on any atom is -0.497 e. The minimum absolute atomic E-state index is 0.299. The summed E-state index contributed by atoms with van der Waals surface area (Å²) in [6, 6.07) is 18.4. The first kappa shape index (κ1) is 20.1. The molecule has 156 valence electrons. The van der Waals surface area contributed by atoms with Crippen LogP contribution in [0.15, 0.2) is 82.4 Å². The Balaban J connectivity index is 1.80. The monoisotopic (exact) mass is 419 g/mol. The summed E-state index contributed by atoms with van der Waals surface area (Å²) >= 11 is 0. The lowest BCUT2D eigenvalue weighted by atomic mass is 10.2. The molecule has 0 fully saturated rings. The average molecular weight is 419 g/mol. The van der Waals surface area contributed by atoms with Crippen molar-refractivity contribution in [2.24, 2.45) is 0 Å². The second-order valence-electron chi connectivity index (χ2n) is 6.78. The van der Waals surface area contributed by atoms with Crippen molar-refractivity contribution >= 4 is 22.5 Å². The van der Waals surface area contributed by atoms with E-state index in [2.05, 4.69) is 5.32 Å². The highest BCUT2D eigenvalue weighted by molar-refractivity contribution is 5.91. The Kier molecular flexibility index (Phi) is 5.36. The highest BCUT2D eigenvalue weighted by Gasteiger charge is 2.16. The van der Waals surface area contributed by atoms with E-state index in [9.17, 15) is 18.8 Å². The summed E-state index contributed by atoms with van der Waals surface area (Å²) in [5.74, 6) is -0.331. The van der Waals surface area contributed by atoms with Gasteiger partial charge in [-0.15, -0.1) is 0 Å². The quantitative estimate of drug-likeness (QED) is 0.539. The number of anilines is 1. The van der Waals surface area contributed by atoms with Gasteiger partial charge in [-0.3, -0.25) is 14.2 Å². The van der Waals surface area contributed by atoms with Gasteiger partial charge in [-0.25, -0.2) is 13.8 Å². The van der Waals surface area contributed by atoms with Crippen molar-refractivity contribution in [3.8, 4) is 11.4 Å². The zero-order valence-electron chi connectivity index (χ0n) is 16.5. The number of aromatic nitrogens is 2. The van der Waals surface area contributed by atoms with Gasteiger partial charge in [0.1, 0.15) is 18.1 Å². The minimum atomic E-state index is -0.650. The first-order valence-electron chi connectivity index (χ1n) is 9.42. The summed E-state index contributed by atoms with van der Waals surface area (Å²) in [6.45, 7) is -0.326. The van der Waals surface area contributed by atoms with Crippen LogP contribution in [0.5, 0.6) is 5.75 Å². The molecule has 0 bridgehead atoms. The van der Waals surface area contributed by atoms with E-state index in [1.54, 1.807) is 48.5 Å². The van der Waals surface area contributed by atoms with Crippen LogP contribution < -0.4 is 21.3 Å². The van der Waals surface area contributed by atoms with Crippen LogP contribution in [0.2, 0.25) is 0 Å². The maximum absolute atomic E-state index is 13.3. The third-order valence-corrected chi connectivity index (χ3v) is 4.81. The van der Waals surface area contributed by atoms with Crippen molar-refractivity contribution in [1.82, 2.24) is 9.13 Å². The van der Waals surface area contributed by atoms with Gasteiger partial charge in [-0.05, 0) is 60.7 Å². The molecule has 0 spiro atoms. The van der Waals surface area contributed by atoms with Crippen molar-refractivity contribution in [2.45, 2.75) is 6.54 Å². The molecule has 7 nitrogen and oxygen atoms in total. The van der Waals surface area contributed by atoms with Crippen LogP contribution in [0, 0.1) is 5.82 Å². The lowest BCUT2D eigenvalue weighted by Crippen LogP contribution is -2.40. The predicted molar refractivity (Wildman–Crippen MR) is 115 cm³/mol. The van der Waals surface area contributed by atoms with E-state index in [1.807, 2.05) is 0 Å². The Morgan fingerprint density at radius 3 is 2.32 bits per heavy atom. The predicted octanol–water partition coefficient (Wildman–Crippen LogP) is 2.94. The molecule has 8 heteroatoms. The highest BCUT2D eigenvalue weighted by Crippen LogP contribution is 2.15. The lowest BCUT2D eigenvalue weighted by molar-refractivity contribution is -0.116. The van der Waals surface area contributed by atoms with Crippen molar-refractivity contribution in [3.05, 3.63) is 99.5 Å². The lowest BCUT2D eigenvalue weighted by Gasteiger charge is -2.14. The van der Waals surface area contributed by atoms with Gasteiger partial charge in [0.25, 0.3) is 5.56 Å². The molecule has 0 unspecified atom stereocenters. The average Bonchev–Trinajstić information content (AvgIpc) is 2.79. The number of rotatable bonds is 5. The van der Waals surface area contributed by atoms with E-state index in [4.69, 9.17) is 4.74 Å². The van der Waals surface area contributed by atoms with Crippen LogP contribution in [0.3, 0.4) is 0 Å². The van der Waals surface area contributed by atoms with E-state index >= 15 is 0 Å². The van der Waals surface area contributed by atoms with Crippen molar-refractivity contribution < 1.29 is 13.9 Å². The summed E-state index contributed by atoms with van der Waals surface area (Å²) in [5, 5.41) is 2.93. The molecule has 0 atom stereocenters. The Morgan fingerprint density at radius 1 is 0.968 bits per heavy atom. The number of hydrogen-bond donors (Lipinski definition) is 1. The second kappa shape index (κ2) is 8.27. The second-order valence-corrected chi connectivity index (χ2v) is 6.78. The molecule has 1 N–H and O–H groups in total. The van der Waals surface area contributed by atoms with Gasteiger partial charge in [0.15, 0.2) is 0 Å². The van der Waals surface area contributed by atoms with Gasteiger partial charge < -0.3 is 10.1 Å². The molecule has 0 saturated heterocycles. The molecule has 1 amide bonds. The van der Waals surface area contributed by atoms with E-state index < -0.39 is 23.0 Å². The Labute approximate surface area is 175 Å². The molecule has 4 aromatic rings. The first-order valence-corrected chi connectivity index (χ1v) is 9.42. The Bertz CT molecular complexity index is 1370. The standard InChI is InChI=1S/C23H18FN3O4/c1-31-18-12-10-17(11-13-18)27-22(29)19-4-2-3-5-20(19)26(23(27)30)14-21(28)25-16-8-6-15(24)7-9-16/h2-13H,14H2,1H3,(H,25,28). The summed E-state index contributed by atoms with van der Waals surface area (Å²) in [5.41, 5.74) is -0.0397. The fourth-order valence-corrected chi connectivity index (χ4v) is 3.31. The number of hydrogen-bond acceptors (Lipinski definition) is 4. The maximum atomic E-state index is 13.3. The largest absolute Gasteiger partial charge is 0.497 e. The Hall–Kier alpha value is -4.20. The number of nitrogens with zero attached hydrogens (tertiary/aromatic N) is 2.